The van der Waals surface area contributed by atoms with Crippen LogP contribution in [-0.2, 0) is 10.0 Å². The van der Waals surface area contributed by atoms with Crippen molar-refractivity contribution in [2.24, 2.45) is 5.92 Å². The van der Waals surface area contributed by atoms with E-state index in [1.165, 1.54) is 24.3 Å². The molecular weight excluding hydrogens is 294 g/mol. The molecular formula is C14H19NO5S. The van der Waals surface area contributed by atoms with Gasteiger partial charge in [0.05, 0.1) is 4.90 Å². The molecule has 1 aromatic carbocycles. The first kappa shape index (κ1) is 15.8. The van der Waals surface area contributed by atoms with Crippen molar-refractivity contribution < 1.29 is 23.4 Å². The molecule has 6 nitrogen and oxygen atoms in total. The zero-order valence-corrected chi connectivity index (χ0v) is 12.9. The Morgan fingerprint density at radius 1 is 1.38 bits per heavy atom. The van der Waals surface area contributed by atoms with Crippen molar-refractivity contribution in [1.29, 1.82) is 0 Å². The molecule has 0 bridgehead atoms. The predicted molar refractivity (Wildman–Crippen MR) is 77.0 cm³/mol. The summed E-state index contributed by atoms with van der Waals surface area (Å²) >= 11 is 0. The van der Waals surface area contributed by atoms with E-state index in [1.807, 2.05) is 0 Å². The summed E-state index contributed by atoms with van der Waals surface area (Å²) < 4.78 is 26.4. The lowest BCUT2D eigenvalue weighted by atomic mass is 9.86. The zero-order chi connectivity index (χ0) is 15.8. The van der Waals surface area contributed by atoms with E-state index in [4.69, 9.17) is 5.11 Å². The Bertz CT molecular complexity index is 664. The van der Waals surface area contributed by atoms with Gasteiger partial charge in [0.25, 0.3) is 0 Å². The van der Waals surface area contributed by atoms with Gasteiger partial charge in [0.15, 0.2) is 0 Å². The highest BCUT2D eigenvalue weighted by atomic mass is 32.2. The molecule has 0 saturated heterocycles. The summed E-state index contributed by atoms with van der Waals surface area (Å²) in [6.07, 6.45) is 3.17. The van der Waals surface area contributed by atoms with E-state index >= 15 is 0 Å². The summed E-state index contributed by atoms with van der Waals surface area (Å²) in [6.45, 7) is 1.97. The topological polar surface area (TPSA) is 94.9 Å². The van der Waals surface area contributed by atoms with Crippen molar-refractivity contribution in [3.8, 4) is 5.75 Å². The summed E-state index contributed by atoms with van der Waals surface area (Å²) in [6, 6.07) is 2.20. The predicted octanol–water partition coefficient (Wildman–Crippen LogP) is 1.82. The van der Waals surface area contributed by atoms with Gasteiger partial charge < -0.3 is 10.2 Å². The SMILES string of the molecule is Cc1cc(O)c(C(=O)O)cc1S(=O)(=O)N(C)CC1CCC1. The number of nitrogens with zero attached hydrogens (tertiary/aromatic N) is 1. The van der Waals surface area contributed by atoms with Crippen molar-refractivity contribution in [1.82, 2.24) is 4.31 Å². The van der Waals surface area contributed by atoms with Gasteiger partial charge in [0.2, 0.25) is 10.0 Å². The molecule has 1 fully saturated rings. The normalized spacial score (nSPS) is 16.0. The van der Waals surface area contributed by atoms with Crippen LogP contribution in [0.1, 0.15) is 35.2 Å². The lowest BCUT2D eigenvalue weighted by Crippen LogP contribution is -2.34. The van der Waals surface area contributed by atoms with Crippen molar-refractivity contribution >= 4 is 16.0 Å². The summed E-state index contributed by atoms with van der Waals surface area (Å²) in [5.41, 5.74) is -0.0748. The second kappa shape index (κ2) is 5.65. The quantitative estimate of drug-likeness (QED) is 0.864. The minimum atomic E-state index is -3.75. The molecule has 1 saturated carbocycles. The Kier molecular flexibility index (Phi) is 4.25. The lowest BCUT2D eigenvalue weighted by molar-refractivity contribution is 0.0693. The van der Waals surface area contributed by atoms with Gasteiger partial charge in [-0.3, -0.25) is 0 Å². The molecule has 0 spiro atoms. The van der Waals surface area contributed by atoms with E-state index in [0.29, 0.717) is 18.0 Å². The van der Waals surface area contributed by atoms with Gasteiger partial charge in [-0.25, -0.2) is 17.5 Å². The van der Waals surface area contributed by atoms with Crippen molar-refractivity contribution in [3.63, 3.8) is 0 Å². The molecule has 1 aromatic rings. The maximum Gasteiger partial charge on any atom is 0.339 e. The largest absolute Gasteiger partial charge is 0.507 e. The molecule has 7 heteroatoms. The van der Waals surface area contributed by atoms with E-state index in [9.17, 15) is 18.3 Å². The maximum atomic E-state index is 12.6. The van der Waals surface area contributed by atoms with Crippen LogP contribution in [0, 0.1) is 12.8 Å². The highest BCUT2D eigenvalue weighted by molar-refractivity contribution is 7.89. The van der Waals surface area contributed by atoms with Crippen LogP contribution in [-0.4, -0.2) is 42.5 Å². The molecule has 0 heterocycles. The van der Waals surface area contributed by atoms with Gasteiger partial charge in [-0.2, -0.15) is 0 Å². The van der Waals surface area contributed by atoms with Crippen molar-refractivity contribution in [3.05, 3.63) is 23.3 Å². The van der Waals surface area contributed by atoms with E-state index in [0.717, 1.165) is 25.3 Å². The number of phenols is 1. The Balaban J connectivity index is 2.38. The molecule has 1 aliphatic rings. The molecule has 0 atom stereocenters. The molecule has 0 radical (unpaired) electrons. The summed E-state index contributed by atoms with van der Waals surface area (Å²) in [7, 11) is -2.25. The van der Waals surface area contributed by atoms with E-state index < -0.39 is 27.3 Å². The Hall–Kier alpha value is -1.60. The number of carboxylic acid groups (broad SMARTS) is 1. The van der Waals surface area contributed by atoms with Crippen LogP contribution in [0.5, 0.6) is 5.75 Å². The van der Waals surface area contributed by atoms with Crippen LogP contribution in [0.2, 0.25) is 0 Å². The third kappa shape index (κ3) is 3.03. The maximum absolute atomic E-state index is 12.6. The Morgan fingerprint density at radius 3 is 2.48 bits per heavy atom. The van der Waals surface area contributed by atoms with Crippen molar-refractivity contribution in [2.75, 3.05) is 13.6 Å². The zero-order valence-electron chi connectivity index (χ0n) is 12.0. The summed E-state index contributed by atoms with van der Waals surface area (Å²) in [4.78, 5) is 11.0. The van der Waals surface area contributed by atoms with Crippen LogP contribution in [0.4, 0.5) is 0 Å². The Morgan fingerprint density at radius 2 is 2.00 bits per heavy atom. The average Bonchev–Trinajstić information content (AvgIpc) is 2.32. The summed E-state index contributed by atoms with van der Waals surface area (Å²) in [5.74, 6) is -1.41. The number of benzene rings is 1. The van der Waals surface area contributed by atoms with Crippen LogP contribution in [0.3, 0.4) is 0 Å². The number of carboxylic acids is 1. The number of rotatable bonds is 5. The van der Waals surface area contributed by atoms with Gasteiger partial charge in [0.1, 0.15) is 11.3 Å². The first-order valence-electron chi connectivity index (χ1n) is 6.76. The average molecular weight is 313 g/mol. The molecule has 2 N–H and O–H groups in total. The highest BCUT2D eigenvalue weighted by Gasteiger charge is 2.29. The highest BCUT2D eigenvalue weighted by Crippen LogP contribution is 2.31. The molecule has 0 aromatic heterocycles. The first-order valence-corrected chi connectivity index (χ1v) is 8.20. The van der Waals surface area contributed by atoms with Crippen LogP contribution in [0.25, 0.3) is 0 Å². The van der Waals surface area contributed by atoms with Gasteiger partial charge in [-0.05, 0) is 43.4 Å². The number of hydrogen-bond acceptors (Lipinski definition) is 4. The number of aromatic carboxylic acids is 1. The number of aromatic hydroxyl groups is 1. The monoisotopic (exact) mass is 313 g/mol. The fourth-order valence-corrected chi connectivity index (χ4v) is 3.90. The minimum absolute atomic E-state index is 0.0699. The fourth-order valence-electron chi connectivity index (χ4n) is 2.43. The molecule has 21 heavy (non-hydrogen) atoms. The first-order chi connectivity index (χ1) is 9.73. The lowest BCUT2D eigenvalue weighted by Gasteiger charge is -2.30. The fraction of sp³-hybridized carbons (Fsp3) is 0.500. The van der Waals surface area contributed by atoms with Crippen molar-refractivity contribution in [2.45, 2.75) is 31.1 Å². The van der Waals surface area contributed by atoms with E-state index in [2.05, 4.69) is 0 Å². The third-order valence-electron chi connectivity index (χ3n) is 3.95. The van der Waals surface area contributed by atoms with Crippen LogP contribution >= 0.6 is 0 Å². The molecule has 2 rings (SSSR count). The summed E-state index contributed by atoms with van der Waals surface area (Å²) in [5, 5.41) is 18.6. The van der Waals surface area contributed by atoms with Gasteiger partial charge in [-0.15, -0.1) is 0 Å². The number of sulfonamides is 1. The number of aryl methyl sites for hydroxylation is 1. The molecule has 1 aliphatic carbocycles. The number of carbonyl (C=O) groups is 1. The van der Waals surface area contributed by atoms with Gasteiger partial charge >= 0.3 is 5.97 Å². The molecule has 0 amide bonds. The smallest absolute Gasteiger partial charge is 0.339 e. The molecule has 116 valence electrons. The second-order valence-corrected chi connectivity index (χ2v) is 7.54. The minimum Gasteiger partial charge on any atom is -0.507 e. The standard InChI is InChI=1S/C14H19NO5S/c1-9-6-12(16)11(14(17)18)7-13(9)21(19,20)15(2)8-10-4-3-5-10/h6-7,10,16H,3-5,8H2,1-2H3,(H,17,18). The molecule has 0 aliphatic heterocycles. The van der Waals surface area contributed by atoms with E-state index in [-0.39, 0.29) is 4.90 Å². The van der Waals surface area contributed by atoms with Crippen LogP contribution in [0.15, 0.2) is 17.0 Å². The van der Waals surface area contributed by atoms with Gasteiger partial charge in [-0.1, -0.05) is 6.42 Å². The number of hydrogen-bond donors (Lipinski definition) is 2. The van der Waals surface area contributed by atoms with E-state index in [1.54, 1.807) is 0 Å². The second-order valence-electron chi connectivity index (χ2n) is 5.52. The molecule has 0 unspecified atom stereocenters. The van der Waals surface area contributed by atoms with Crippen LogP contribution < -0.4 is 0 Å². The van der Waals surface area contributed by atoms with Gasteiger partial charge in [0, 0.05) is 13.6 Å². The third-order valence-corrected chi connectivity index (χ3v) is 5.92. The Labute approximate surface area is 124 Å².